The third kappa shape index (κ3) is 3.24. The van der Waals surface area contributed by atoms with E-state index < -0.39 is 11.5 Å². The number of esters is 1. The average molecular weight is 338 g/mol. The lowest BCUT2D eigenvalue weighted by Crippen LogP contribution is -2.29. The number of aromatic hydroxyl groups is 1. The molecular formula is C19H18N2O4. The molecule has 128 valence electrons. The molecule has 0 amide bonds. The van der Waals surface area contributed by atoms with Crippen LogP contribution in [-0.4, -0.2) is 27.2 Å². The maximum absolute atomic E-state index is 12.8. The summed E-state index contributed by atoms with van der Waals surface area (Å²) in [7, 11) is 0. The Hall–Kier alpha value is -3.15. The Morgan fingerprint density at radius 3 is 2.68 bits per heavy atom. The molecule has 2 heterocycles. The van der Waals surface area contributed by atoms with Crippen molar-refractivity contribution < 1.29 is 14.6 Å². The van der Waals surface area contributed by atoms with Gasteiger partial charge in [0, 0.05) is 12.7 Å². The van der Waals surface area contributed by atoms with Crippen LogP contribution in [0.3, 0.4) is 0 Å². The van der Waals surface area contributed by atoms with E-state index in [1.165, 1.54) is 4.57 Å². The minimum absolute atomic E-state index is 0.118. The Morgan fingerprint density at radius 2 is 1.96 bits per heavy atom. The highest BCUT2D eigenvalue weighted by Gasteiger charge is 2.23. The summed E-state index contributed by atoms with van der Waals surface area (Å²) in [5, 5.41) is 10.7. The van der Waals surface area contributed by atoms with E-state index in [-0.39, 0.29) is 17.9 Å². The highest BCUT2D eigenvalue weighted by atomic mass is 16.5. The molecule has 25 heavy (non-hydrogen) atoms. The molecule has 2 aromatic heterocycles. The van der Waals surface area contributed by atoms with Crippen LogP contribution < -0.4 is 5.56 Å². The van der Waals surface area contributed by atoms with Gasteiger partial charge in [0.25, 0.3) is 5.56 Å². The van der Waals surface area contributed by atoms with E-state index >= 15 is 0 Å². The van der Waals surface area contributed by atoms with Gasteiger partial charge >= 0.3 is 5.97 Å². The highest BCUT2D eigenvalue weighted by molar-refractivity contribution is 5.98. The lowest BCUT2D eigenvalue weighted by Gasteiger charge is -2.13. The first-order chi connectivity index (χ1) is 12.1. The van der Waals surface area contributed by atoms with Crippen molar-refractivity contribution in [3.8, 4) is 5.75 Å². The molecule has 1 aromatic carbocycles. The zero-order valence-electron chi connectivity index (χ0n) is 13.8. The fourth-order valence-electron chi connectivity index (χ4n) is 2.74. The van der Waals surface area contributed by atoms with E-state index in [4.69, 9.17) is 4.74 Å². The standard InChI is InChI=1S/C19H18N2O4/c1-2-25-19(24)15-16(22)14-9-6-11-20-17(14)21(18(15)23)12-10-13-7-4-3-5-8-13/h3-9,11,22H,2,10,12H2,1H3. The molecule has 3 rings (SSSR count). The van der Waals surface area contributed by atoms with Crippen LogP contribution in [0.4, 0.5) is 0 Å². The quantitative estimate of drug-likeness (QED) is 0.723. The number of hydrogen-bond acceptors (Lipinski definition) is 5. The monoisotopic (exact) mass is 338 g/mol. The molecule has 6 nitrogen and oxygen atoms in total. The summed E-state index contributed by atoms with van der Waals surface area (Å²) in [4.78, 5) is 29.2. The maximum atomic E-state index is 12.8. The number of hydrogen-bond donors (Lipinski definition) is 1. The number of rotatable bonds is 5. The second kappa shape index (κ2) is 7.17. The van der Waals surface area contributed by atoms with Gasteiger partial charge in [-0.1, -0.05) is 30.3 Å². The van der Waals surface area contributed by atoms with Gasteiger partial charge in [0.15, 0.2) is 5.56 Å². The van der Waals surface area contributed by atoms with Crippen LogP contribution in [0.25, 0.3) is 11.0 Å². The second-order valence-electron chi connectivity index (χ2n) is 5.51. The number of aryl methyl sites for hydroxylation is 2. The van der Waals surface area contributed by atoms with E-state index in [2.05, 4.69) is 4.98 Å². The van der Waals surface area contributed by atoms with Gasteiger partial charge in [0.05, 0.1) is 12.0 Å². The average Bonchev–Trinajstić information content (AvgIpc) is 2.63. The molecular weight excluding hydrogens is 320 g/mol. The third-order valence-corrected chi connectivity index (χ3v) is 3.94. The molecule has 3 aromatic rings. The van der Waals surface area contributed by atoms with Crippen molar-refractivity contribution in [3.63, 3.8) is 0 Å². The van der Waals surface area contributed by atoms with Gasteiger partial charge in [0.2, 0.25) is 0 Å². The maximum Gasteiger partial charge on any atom is 0.347 e. The van der Waals surface area contributed by atoms with E-state index in [0.29, 0.717) is 24.0 Å². The molecule has 0 fully saturated rings. The van der Waals surface area contributed by atoms with E-state index in [1.807, 2.05) is 30.3 Å². The predicted molar refractivity (Wildman–Crippen MR) is 93.8 cm³/mol. The molecule has 0 atom stereocenters. The van der Waals surface area contributed by atoms with Gasteiger partial charge in [-0.2, -0.15) is 0 Å². The van der Waals surface area contributed by atoms with Gasteiger partial charge in [-0.15, -0.1) is 0 Å². The fraction of sp³-hybridized carbons (Fsp3) is 0.211. The van der Waals surface area contributed by atoms with E-state index in [9.17, 15) is 14.7 Å². The van der Waals surface area contributed by atoms with Gasteiger partial charge < -0.3 is 9.84 Å². The summed E-state index contributed by atoms with van der Waals surface area (Å²) in [6, 6.07) is 13.0. The van der Waals surface area contributed by atoms with Crippen molar-refractivity contribution in [2.45, 2.75) is 19.9 Å². The summed E-state index contributed by atoms with van der Waals surface area (Å²) in [5.41, 5.74) is 0.451. The SMILES string of the molecule is CCOC(=O)c1c(O)c2cccnc2n(CCc2ccccc2)c1=O. The normalized spacial score (nSPS) is 10.8. The highest BCUT2D eigenvalue weighted by Crippen LogP contribution is 2.25. The zero-order chi connectivity index (χ0) is 17.8. The van der Waals surface area contributed by atoms with Crippen molar-refractivity contribution in [2.75, 3.05) is 6.61 Å². The Kier molecular flexibility index (Phi) is 4.79. The van der Waals surface area contributed by atoms with Gasteiger partial charge in [-0.05, 0) is 31.0 Å². The minimum Gasteiger partial charge on any atom is -0.506 e. The fourth-order valence-corrected chi connectivity index (χ4v) is 2.74. The van der Waals surface area contributed by atoms with E-state index in [0.717, 1.165) is 5.56 Å². The van der Waals surface area contributed by atoms with Crippen LogP contribution in [0.5, 0.6) is 5.75 Å². The van der Waals surface area contributed by atoms with Crippen LogP contribution in [0.1, 0.15) is 22.8 Å². The zero-order valence-corrected chi connectivity index (χ0v) is 13.8. The van der Waals surface area contributed by atoms with Gasteiger partial charge in [-0.25, -0.2) is 9.78 Å². The lowest BCUT2D eigenvalue weighted by atomic mass is 10.1. The largest absolute Gasteiger partial charge is 0.506 e. The van der Waals surface area contributed by atoms with Crippen molar-refractivity contribution in [1.82, 2.24) is 9.55 Å². The molecule has 0 spiro atoms. The third-order valence-electron chi connectivity index (χ3n) is 3.94. The molecule has 0 saturated carbocycles. The topological polar surface area (TPSA) is 81.4 Å². The molecule has 0 aliphatic carbocycles. The number of carbonyl (C=O) groups is 1. The van der Waals surface area contributed by atoms with Crippen LogP contribution >= 0.6 is 0 Å². The number of pyridine rings is 2. The second-order valence-corrected chi connectivity index (χ2v) is 5.51. The van der Waals surface area contributed by atoms with Crippen molar-refractivity contribution in [1.29, 1.82) is 0 Å². The predicted octanol–water partition coefficient (Wildman–Crippen LogP) is 2.52. The Bertz CT molecular complexity index is 964. The molecule has 0 unspecified atom stereocenters. The van der Waals surface area contributed by atoms with Crippen LogP contribution in [0, 0.1) is 0 Å². The minimum atomic E-state index is -0.829. The summed E-state index contributed by atoms with van der Waals surface area (Å²) in [6.07, 6.45) is 2.14. The Labute approximate surface area is 144 Å². The van der Waals surface area contributed by atoms with Gasteiger partial charge in [-0.3, -0.25) is 9.36 Å². The van der Waals surface area contributed by atoms with E-state index in [1.54, 1.807) is 25.3 Å². The molecule has 0 bridgehead atoms. The number of nitrogens with zero attached hydrogens (tertiary/aromatic N) is 2. The molecule has 0 radical (unpaired) electrons. The van der Waals surface area contributed by atoms with Crippen LogP contribution in [-0.2, 0) is 17.7 Å². The first kappa shape index (κ1) is 16.7. The van der Waals surface area contributed by atoms with Crippen molar-refractivity contribution in [2.24, 2.45) is 0 Å². The number of fused-ring (bicyclic) bond motifs is 1. The number of ether oxygens (including phenoxy) is 1. The summed E-state index contributed by atoms with van der Waals surface area (Å²) < 4.78 is 6.33. The van der Waals surface area contributed by atoms with Crippen molar-refractivity contribution in [3.05, 3.63) is 70.1 Å². The Morgan fingerprint density at radius 1 is 1.20 bits per heavy atom. The number of benzene rings is 1. The summed E-state index contributed by atoms with van der Waals surface area (Å²) in [5.74, 6) is -1.22. The van der Waals surface area contributed by atoms with Gasteiger partial charge in [0.1, 0.15) is 11.4 Å². The molecule has 0 aliphatic heterocycles. The summed E-state index contributed by atoms with van der Waals surface area (Å²) in [6.45, 7) is 2.10. The molecule has 0 saturated heterocycles. The summed E-state index contributed by atoms with van der Waals surface area (Å²) >= 11 is 0. The van der Waals surface area contributed by atoms with Crippen molar-refractivity contribution >= 4 is 17.0 Å². The lowest BCUT2D eigenvalue weighted by molar-refractivity contribution is 0.0520. The molecule has 1 N–H and O–H groups in total. The smallest absolute Gasteiger partial charge is 0.347 e. The first-order valence-corrected chi connectivity index (χ1v) is 8.05. The first-order valence-electron chi connectivity index (χ1n) is 8.05. The molecule has 0 aliphatic rings. The molecule has 6 heteroatoms. The number of aromatic nitrogens is 2. The number of carbonyl (C=O) groups excluding carboxylic acids is 1. The Balaban J connectivity index is 2.12. The van der Waals surface area contributed by atoms with Crippen LogP contribution in [0.2, 0.25) is 0 Å². The van der Waals surface area contributed by atoms with Crippen LogP contribution in [0.15, 0.2) is 53.5 Å².